The van der Waals surface area contributed by atoms with Crippen LogP contribution >= 0.6 is 0 Å². The van der Waals surface area contributed by atoms with Crippen LogP contribution in [-0.4, -0.2) is 39.4 Å². The summed E-state index contributed by atoms with van der Waals surface area (Å²) in [6, 6.07) is 9.26. The summed E-state index contributed by atoms with van der Waals surface area (Å²) in [4.78, 5) is 21.4. The highest BCUT2D eigenvalue weighted by molar-refractivity contribution is 5.83. The summed E-state index contributed by atoms with van der Waals surface area (Å²) in [5.74, 6) is 0.177. The second-order valence-corrected chi connectivity index (χ2v) is 5.83. The first-order valence-corrected chi connectivity index (χ1v) is 8.46. The lowest BCUT2D eigenvalue weighted by molar-refractivity contribution is 0.141. The van der Waals surface area contributed by atoms with Crippen LogP contribution in [0.1, 0.15) is 18.1 Å². The lowest BCUT2D eigenvalue weighted by atomic mass is 10.1. The van der Waals surface area contributed by atoms with E-state index in [1.807, 2.05) is 13.0 Å². The number of nitrogens with zero attached hydrogens (tertiary/aromatic N) is 5. The van der Waals surface area contributed by atoms with E-state index in [4.69, 9.17) is 20.5 Å². The minimum Gasteiger partial charge on any atom is -0.461 e. The third kappa shape index (κ3) is 3.61. The number of anilines is 1. The second kappa shape index (κ2) is 7.88. The lowest BCUT2D eigenvalue weighted by Gasteiger charge is -2.07. The van der Waals surface area contributed by atoms with E-state index < -0.39 is 0 Å². The molecular weight excluding hydrogens is 348 g/mol. The van der Waals surface area contributed by atoms with Crippen LogP contribution in [0.4, 0.5) is 5.82 Å². The zero-order valence-corrected chi connectivity index (χ0v) is 15.2. The Labute approximate surface area is 155 Å². The van der Waals surface area contributed by atoms with Gasteiger partial charge in [-0.2, -0.15) is 15.2 Å². The molecule has 0 saturated carbocycles. The summed E-state index contributed by atoms with van der Waals surface area (Å²) in [7, 11) is 1.57. The molecule has 3 rings (SSSR count). The van der Waals surface area contributed by atoms with Crippen molar-refractivity contribution < 1.29 is 9.47 Å². The molecule has 0 atom stereocenters. The van der Waals surface area contributed by atoms with Crippen molar-refractivity contribution in [2.45, 2.75) is 20.0 Å². The highest BCUT2D eigenvalue weighted by Gasteiger charge is 2.19. The number of methoxy groups -OCH3 is 1. The standard InChI is InChI=1S/C18H20N6O3/c1-3-23-14-15(20)21-17(27-8-7-26-2)22-16(14)24(18(23)25)11-13-6-4-5-12(9-13)10-19/h4-6,9H,3,7-8,11H2,1-2H3,(H2,20,21,22). The van der Waals surface area contributed by atoms with Crippen molar-refractivity contribution in [3.05, 3.63) is 45.9 Å². The SMILES string of the molecule is CCn1c(=O)n(Cc2cccc(C#N)c2)c2nc(OCCOC)nc(N)c21. The van der Waals surface area contributed by atoms with E-state index in [-0.39, 0.29) is 30.7 Å². The van der Waals surface area contributed by atoms with E-state index in [0.29, 0.717) is 29.9 Å². The van der Waals surface area contributed by atoms with Gasteiger partial charge >= 0.3 is 11.7 Å². The monoisotopic (exact) mass is 368 g/mol. The average molecular weight is 368 g/mol. The van der Waals surface area contributed by atoms with Crippen LogP contribution in [-0.2, 0) is 17.8 Å². The van der Waals surface area contributed by atoms with Gasteiger partial charge in [-0.3, -0.25) is 9.13 Å². The number of nitriles is 1. The fourth-order valence-electron chi connectivity index (χ4n) is 2.86. The Kier molecular flexibility index (Phi) is 5.38. The first kappa shape index (κ1) is 18.4. The lowest BCUT2D eigenvalue weighted by Crippen LogP contribution is -2.24. The Balaban J connectivity index is 2.11. The number of nitrogen functional groups attached to an aromatic ring is 1. The summed E-state index contributed by atoms with van der Waals surface area (Å²) in [5.41, 5.74) is 8.03. The molecule has 0 amide bonds. The van der Waals surface area contributed by atoms with Gasteiger partial charge in [-0.05, 0) is 24.6 Å². The molecule has 0 radical (unpaired) electrons. The van der Waals surface area contributed by atoms with Crippen LogP contribution in [0.3, 0.4) is 0 Å². The number of hydrogen-bond donors (Lipinski definition) is 1. The van der Waals surface area contributed by atoms with Gasteiger partial charge < -0.3 is 15.2 Å². The number of ether oxygens (including phenoxy) is 2. The minimum absolute atomic E-state index is 0.0878. The van der Waals surface area contributed by atoms with Crippen molar-refractivity contribution in [3.8, 4) is 12.1 Å². The molecule has 0 saturated heterocycles. The number of rotatable bonds is 7. The summed E-state index contributed by atoms with van der Waals surface area (Å²) >= 11 is 0. The quantitative estimate of drug-likeness (QED) is 0.621. The Morgan fingerprint density at radius 1 is 1.26 bits per heavy atom. The molecule has 27 heavy (non-hydrogen) atoms. The number of aromatic nitrogens is 4. The molecule has 0 bridgehead atoms. The van der Waals surface area contributed by atoms with Crippen molar-refractivity contribution in [3.63, 3.8) is 0 Å². The van der Waals surface area contributed by atoms with E-state index in [9.17, 15) is 4.79 Å². The Bertz CT molecular complexity index is 1060. The van der Waals surface area contributed by atoms with E-state index in [1.54, 1.807) is 25.3 Å². The molecular formula is C18H20N6O3. The van der Waals surface area contributed by atoms with E-state index >= 15 is 0 Å². The van der Waals surface area contributed by atoms with Crippen molar-refractivity contribution >= 4 is 17.0 Å². The maximum absolute atomic E-state index is 12.9. The molecule has 140 valence electrons. The smallest absolute Gasteiger partial charge is 0.330 e. The average Bonchev–Trinajstić information content (AvgIpc) is 2.94. The number of benzene rings is 1. The first-order valence-electron chi connectivity index (χ1n) is 8.46. The number of nitrogens with two attached hydrogens (primary N) is 1. The van der Waals surface area contributed by atoms with E-state index in [1.165, 1.54) is 9.13 Å². The largest absolute Gasteiger partial charge is 0.461 e. The molecule has 0 aliphatic rings. The van der Waals surface area contributed by atoms with Gasteiger partial charge in [-0.25, -0.2) is 4.79 Å². The fourth-order valence-corrected chi connectivity index (χ4v) is 2.86. The summed E-state index contributed by atoms with van der Waals surface area (Å²) in [6.07, 6.45) is 0. The molecule has 1 aromatic carbocycles. The van der Waals surface area contributed by atoms with Gasteiger partial charge in [0.15, 0.2) is 11.5 Å². The van der Waals surface area contributed by atoms with Gasteiger partial charge in [0.25, 0.3) is 0 Å². The maximum Gasteiger partial charge on any atom is 0.330 e. The van der Waals surface area contributed by atoms with Crippen molar-refractivity contribution in [1.29, 1.82) is 5.26 Å². The van der Waals surface area contributed by atoms with Crippen molar-refractivity contribution in [1.82, 2.24) is 19.1 Å². The van der Waals surface area contributed by atoms with E-state index in [0.717, 1.165) is 5.56 Å². The first-order chi connectivity index (χ1) is 13.1. The highest BCUT2D eigenvalue weighted by atomic mass is 16.5. The third-order valence-electron chi connectivity index (χ3n) is 4.09. The molecule has 0 fully saturated rings. The van der Waals surface area contributed by atoms with Crippen LogP contribution in [0.15, 0.2) is 29.1 Å². The molecule has 2 N–H and O–H groups in total. The summed E-state index contributed by atoms with van der Waals surface area (Å²) in [5, 5.41) is 9.09. The molecule has 2 heterocycles. The highest BCUT2D eigenvalue weighted by Crippen LogP contribution is 2.21. The van der Waals surface area contributed by atoms with Crippen LogP contribution in [0, 0.1) is 11.3 Å². The Morgan fingerprint density at radius 3 is 2.78 bits per heavy atom. The Morgan fingerprint density at radius 2 is 2.07 bits per heavy atom. The Hall–Kier alpha value is -3.38. The molecule has 3 aromatic rings. The van der Waals surface area contributed by atoms with Crippen molar-refractivity contribution in [2.75, 3.05) is 26.1 Å². The van der Waals surface area contributed by atoms with Crippen LogP contribution in [0.25, 0.3) is 11.2 Å². The number of hydrogen-bond acceptors (Lipinski definition) is 7. The van der Waals surface area contributed by atoms with Crippen LogP contribution in [0.2, 0.25) is 0 Å². The second-order valence-electron chi connectivity index (χ2n) is 5.83. The zero-order valence-electron chi connectivity index (χ0n) is 15.2. The van der Waals surface area contributed by atoms with Crippen LogP contribution in [0.5, 0.6) is 6.01 Å². The number of aryl methyl sites for hydroxylation is 1. The molecule has 9 heteroatoms. The summed E-state index contributed by atoms with van der Waals surface area (Å²) in [6.45, 7) is 3.18. The van der Waals surface area contributed by atoms with E-state index in [2.05, 4.69) is 16.0 Å². The van der Waals surface area contributed by atoms with Gasteiger partial charge in [0.05, 0.1) is 24.8 Å². The molecule has 9 nitrogen and oxygen atoms in total. The number of fused-ring (bicyclic) bond motifs is 1. The van der Waals surface area contributed by atoms with Gasteiger partial charge in [-0.1, -0.05) is 12.1 Å². The van der Waals surface area contributed by atoms with Crippen molar-refractivity contribution in [2.24, 2.45) is 0 Å². The normalized spacial score (nSPS) is 10.9. The predicted molar refractivity (Wildman–Crippen MR) is 99.5 cm³/mol. The molecule has 0 aliphatic carbocycles. The summed E-state index contributed by atoms with van der Waals surface area (Å²) < 4.78 is 13.4. The molecule has 2 aromatic heterocycles. The number of imidazole rings is 1. The fraction of sp³-hybridized carbons (Fsp3) is 0.333. The van der Waals surface area contributed by atoms with Gasteiger partial charge in [0.1, 0.15) is 12.1 Å². The molecule has 0 spiro atoms. The van der Waals surface area contributed by atoms with Crippen LogP contribution < -0.4 is 16.2 Å². The predicted octanol–water partition coefficient (Wildman–Crippen LogP) is 1.14. The van der Waals surface area contributed by atoms with Gasteiger partial charge in [0, 0.05) is 13.7 Å². The topological polar surface area (TPSA) is 121 Å². The zero-order chi connectivity index (χ0) is 19.4. The van der Waals surface area contributed by atoms with Gasteiger partial charge in [-0.15, -0.1) is 0 Å². The van der Waals surface area contributed by atoms with Gasteiger partial charge in [0.2, 0.25) is 0 Å². The maximum atomic E-state index is 12.9. The molecule has 0 aliphatic heterocycles. The molecule has 0 unspecified atom stereocenters. The third-order valence-corrected chi connectivity index (χ3v) is 4.09. The minimum atomic E-state index is -0.245.